The number of rotatable bonds is 4. The normalized spacial score (nSPS) is 23.4. The smallest absolute Gasteiger partial charge is 0.225 e. The first kappa shape index (κ1) is 15.2. The molecule has 2 rings (SSSR count). The summed E-state index contributed by atoms with van der Waals surface area (Å²) in [5.74, 6) is 0.817. The Hall–Kier alpha value is -1.20. The van der Waals surface area contributed by atoms with Crippen molar-refractivity contribution in [3.63, 3.8) is 0 Å². The molecule has 1 aliphatic heterocycles. The molecular formula is C15H26N4O. The summed E-state index contributed by atoms with van der Waals surface area (Å²) < 4.78 is 5.75. The van der Waals surface area contributed by atoms with E-state index in [1.807, 2.05) is 6.20 Å². The van der Waals surface area contributed by atoms with E-state index < -0.39 is 0 Å². The number of nitrogens with one attached hydrogen (secondary N) is 1. The number of aryl methyl sites for hydroxylation is 1. The molecule has 2 atom stereocenters. The van der Waals surface area contributed by atoms with Crippen LogP contribution in [0.25, 0.3) is 0 Å². The quantitative estimate of drug-likeness (QED) is 0.911. The second-order valence-corrected chi connectivity index (χ2v) is 5.98. The van der Waals surface area contributed by atoms with Crippen LogP contribution in [0.3, 0.4) is 0 Å². The van der Waals surface area contributed by atoms with Crippen LogP contribution >= 0.6 is 0 Å². The molecule has 0 aromatic carbocycles. The predicted octanol–water partition coefficient (Wildman–Crippen LogP) is 1.90. The van der Waals surface area contributed by atoms with Crippen molar-refractivity contribution in [3.8, 4) is 0 Å². The van der Waals surface area contributed by atoms with E-state index in [0.717, 1.165) is 36.8 Å². The number of aromatic nitrogens is 2. The molecule has 1 saturated heterocycles. The summed E-state index contributed by atoms with van der Waals surface area (Å²) in [6.45, 7) is 13.0. The van der Waals surface area contributed by atoms with Crippen molar-refractivity contribution in [3.05, 3.63) is 17.5 Å². The molecule has 1 N–H and O–H groups in total. The average Bonchev–Trinajstić information content (AvgIpc) is 2.35. The van der Waals surface area contributed by atoms with Crippen LogP contribution in [0.15, 0.2) is 6.20 Å². The zero-order chi connectivity index (χ0) is 14.7. The molecule has 0 saturated carbocycles. The third-order valence-electron chi connectivity index (χ3n) is 3.47. The molecule has 1 fully saturated rings. The van der Waals surface area contributed by atoms with Gasteiger partial charge in [0.2, 0.25) is 5.95 Å². The maximum atomic E-state index is 5.75. The van der Waals surface area contributed by atoms with Crippen LogP contribution in [0.1, 0.15) is 39.0 Å². The van der Waals surface area contributed by atoms with Crippen LogP contribution in [0.5, 0.6) is 0 Å². The molecule has 1 aliphatic rings. The predicted molar refractivity (Wildman–Crippen MR) is 81.0 cm³/mol. The number of hydrogen-bond acceptors (Lipinski definition) is 5. The van der Waals surface area contributed by atoms with Crippen molar-refractivity contribution >= 4 is 5.95 Å². The second-order valence-electron chi connectivity index (χ2n) is 5.98. The van der Waals surface area contributed by atoms with Gasteiger partial charge >= 0.3 is 0 Å². The lowest BCUT2D eigenvalue weighted by molar-refractivity contribution is -0.00573. The van der Waals surface area contributed by atoms with Crippen LogP contribution in [0.4, 0.5) is 5.95 Å². The molecule has 2 heterocycles. The van der Waals surface area contributed by atoms with Gasteiger partial charge in [-0.05, 0) is 20.8 Å². The highest BCUT2D eigenvalue weighted by molar-refractivity contribution is 5.34. The first-order valence-electron chi connectivity index (χ1n) is 7.42. The molecule has 0 bridgehead atoms. The Balaban J connectivity index is 2.08. The van der Waals surface area contributed by atoms with Crippen molar-refractivity contribution in [1.82, 2.24) is 15.3 Å². The molecule has 5 heteroatoms. The van der Waals surface area contributed by atoms with Gasteiger partial charge in [0.05, 0.1) is 12.2 Å². The molecule has 20 heavy (non-hydrogen) atoms. The monoisotopic (exact) mass is 278 g/mol. The maximum Gasteiger partial charge on any atom is 0.225 e. The van der Waals surface area contributed by atoms with E-state index in [2.05, 4.69) is 54.8 Å². The standard InChI is InChI=1S/C15H26N4O/c1-10(2)16-6-14-7-17-15(18-13(14)5)19-8-11(3)20-12(4)9-19/h7,10-12,16H,6,8-9H2,1-5H3/t11-,12+. The van der Waals surface area contributed by atoms with E-state index in [-0.39, 0.29) is 12.2 Å². The second kappa shape index (κ2) is 6.50. The van der Waals surface area contributed by atoms with Gasteiger partial charge in [0.1, 0.15) is 0 Å². The van der Waals surface area contributed by atoms with Gasteiger partial charge in [-0.1, -0.05) is 13.8 Å². The minimum absolute atomic E-state index is 0.227. The summed E-state index contributed by atoms with van der Waals surface area (Å²) >= 11 is 0. The fourth-order valence-electron chi connectivity index (χ4n) is 2.46. The van der Waals surface area contributed by atoms with Gasteiger partial charge in [-0.15, -0.1) is 0 Å². The zero-order valence-electron chi connectivity index (χ0n) is 13.2. The van der Waals surface area contributed by atoms with Crippen molar-refractivity contribution in [2.24, 2.45) is 0 Å². The third-order valence-corrected chi connectivity index (χ3v) is 3.47. The van der Waals surface area contributed by atoms with Gasteiger partial charge < -0.3 is 15.0 Å². The highest BCUT2D eigenvalue weighted by Gasteiger charge is 2.24. The van der Waals surface area contributed by atoms with E-state index in [0.29, 0.717) is 6.04 Å². The van der Waals surface area contributed by atoms with Crippen LogP contribution in [-0.4, -0.2) is 41.3 Å². The molecule has 1 aromatic rings. The molecule has 0 unspecified atom stereocenters. The van der Waals surface area contributed by atoms with Crippen molar-refractivity contribution in [2.75, 3.05) is 18.0 Å². The summed E-state index contributed by atoms with van der Waals surface area (Å²) in [5.41, 5.74) is 2.21. The Morgan fingerprint density at radius 2 is 2.00 bits per heavy atom. The largest absolute Gasteiger partial charge is 0.372 e. The van der Waals surface area contributed by atoms with Gasteiger partial charge in [-0.2, -0.15) is 0 Å². The highest BCUT2D eigenvalue weighted by atomic mass is 16.5. The van der Waals surface area contributed by atoms with Crippen LogP contribution < -0.4 is 10.2 Å². The molecule has 1 aromatic heterocycles. The Morgan fingerprint density at radius 3 is 2.55 bits per heavy atom. The van der Waals surface area contributed by atoms with Gasteiger partial charge in [0.15, 0.2) is 0 Å². The number of morpholine rings is 1. The summed E-state index contributed by atoms with van der Waals surface area (Å²) in [6, 6.07) is 0.468. The lowest BCUT2D eigenvalue weighted by atomic mass is 10.2. The zero-order valence-corrected chi connectivity index (χ0v) is 13.2. The number of anilines is 1. The molecular weight excluding hydrogens is 252 g/mol. The average molecular weight is 278 g/mol. The van der Waals surface area contributed by atoms with Crippen LogP contribution in [0.2, 0.25) is 0 Å². The van der Waals surface area contributed by atoms with Crippen molar-refractivity contribution < 1.29 is 4.74 Å². The minimum atomic E-state index is 0.227. The Morgan fingerprint density at radius 1 is 1.35 bits per heavy atom. The summed E-state index contributed by atoms with van der Waals surface area (Å²) in [4.78, 5) is 11.4. The van der Waals surface area contributed by atoms with Gasteiger partial charge in [0, 0.05) is 43.1 Å². The Kier molecular flexibility index (Phi) is 4.94. The van der Waals surface area contributed by atoms with E-state index in [9.17, 15) is 0 Å². The number of ether oxygens (including phenoxy) is 1. The topological polar surface area (TPSA) is 50.3 Å². The number of hydrogen-bond donors (Lipinski definition) is 1. The lowest BCUT2D eigenvalue weighted by Gasteiger charge is -2.35. The van der Waals surface area contributed by atoms with Crippen molar-refractivity contribution in [1.29, 1.82) is 0 Å². The van der Waals surface area contributed by atoms with Crippen LogP contribution in [-0.2, 0) is 11.3 Å². The number of nitrogens with zero attached hydrogens (tertiary/aromatic N) is 3. The van der Waals surface area contributed by atoms with E-state index in [4.69, 9.17) is 4.74 Å². The first-order valence-corrected chi connectivity index (χ1v) is 7.42. The minimum Gasteiger partial charge on any atom is -0.372 e. The van der Waals surface area contributed by atoms with Gasteiger partial charge in [-0.3, -0.25) is 0 Å². The molecule has 0 spiro atoms. The fourth-order valence-corrected chi connectivity index (χ4v) is 2.46. The molecule has 5 nitrogen and oxygen atoms in total. The third kappa shape index (κ3) is 3.90. The summed E-state index contributed by atoms with van der Waals surface area (Å²) in [6.07, 6.45) is 2.40. The summed E-state index contributed by atoms with van der Waals surface area (Å²) in [7, 11) is 0. The summed E-state index contributed by atoms with van der Waals surface area (Å²) in [5, 5.41) is 3.40. The molecule has 0 radical (unpaired) electrons. The van der Waals surface area contributed by atoms with Gasteiger partial charge in [0.25, 0.3) is 0 Å². The Labute approximate surface area is 121 Å². The molecule has 0 aliphatic carbocycles. The molecule has 112 valence electrons. The maximum absolute atomic E-state index is 5.75. The van der Waals surface area contributed by atoms with Crippen molar-refractivity contribution in [2.45, 2.75) is 59.4 Å². The highest BCUT2D eigenvalue weighted by Crippen LogP contribution is 2.17. The SMILES string of the molecule is Cc1nc(N2C[C@@H](C)O[C@@H](C)C2)ncc1CNC(C)C. The van der Waals surface area contributed by atoms with E-state index in [1.54, 1.807) is 0 Å². The Bertz CT molecular complexity index is 439. The van der Waals surface area contributed by atoms with Gasteiger partial charge in [-0.25, -0.2) is 9.97 Å². The van der Waals surface area contributed by atoms with E-state index in [1.165, 1.54) is 0 Å². The molecule has 0 amide bonds. The first-order chi connectivity index (χ1) is 9.45. The fraction of sp³-hybridized carbons (Fsp3) is 0.733. The van der Waals surface area contributed by atoms with E-state index >= 15 is 0 Å². The van der Waals surface area contributed by atoms with Crippen LogP contribution in [0, 0.1) is 6.92 Å². The lowest BCUT2D eigenvalue weighted by Crippen LogP contribution is -2.46.